The van der Waals surface area contributed by atoms with E-state index in [1.807, 2.05) is 0 Å². The lowest BCUT2D eigenvalue weighted by molar-refractivity contribution is -0.149. The van der Waals surface area contributed by atoms with Crippen molar-refractivity contribution >= 4 is 57.4 Å². The van der Waals surface area contributed by atoms with E-state index >= 15 is 0 Å². The van der Waals surface area contributed by atoms with E-state index in [4.69, 9.17) is 30.0 Å². The molecule has 1 unspecified atom stereocenters. The summed E-state index contributed by atoms with van der Waals surface area (Å²) in [6, 6.07) is 7.43. The van der Waals surface area contributed by atoms with Crippen molar-refractivity contribution in [3.8, 4) is 5.75 Å². The summed E-state index contributed by atoms with van der Waals surface area (Å²) in [6.07, 6.45) is -1.09. The first kappa shape index (κ1) is 28.2. The monoisotopic (exact) mass is 591 g/mol. The quantitative estimate of drug-likeness (QED) is 0.155. The lowest BCUT2D eigenvalue weighted by Gasteiger charge is -2.24. The lowest BCUT2D eigenvalue weighted by atomic mass is 10.2. The van der Waals surface area contributed by atoms with Gasteiger partial charge in [0, 0.05) is 6.42 Å². The van der Waals surface area contributed by atoms with Crippen molar-refractivity contribution in [1.29, 1.82) is 0 Å². The number of thiophene rings is 1. The molecule has 1 fully saturated rings. The summed E-state index contributed by atoms with van der Waals surface area (Å²) in [7, 11) is -4.09. The number of carbonyl (C=O) groups is 1. The highest BCUT2D eigenvalue weighted by Crippen LogP contribution is 2.46. The SMILES string of the molecule is CC(C)OC(=O)[C@H](C)NP(=O)(OC[C@@H]1C[C@H](O)[C@H](n2cnc3sc4c(N)nc(N)nc4c32)O1)Oc1ccccc1. The predicted octanol–water partition coefficient (Wildman–Crippen LogP) is 2.99. The summed E-state index contributed by atoms with van der Waals surface area (Å²) in [5, 5.41) is 13.5. The van der Waals surface area contributed by atoms with Gasteiger partial charge in [0.05, 0.1) is 29.8 Å². The van der Waals surface area contributed by atoms with Crippen LogP contribution in [0.15, 0.2) is 36.7 Å². The lowest BCUT2D eigenvalue weighted by Crippen LogP contribution is -2.36. The van der Waals surface area contributed by atoms with Gasteiger partial charge in [-0.15, -0.1) is 11.3 Å². The van der Waals surface area contributed by atoms with Crippen LogP contribution in [0.3, 0.4) is 0 Å². The number of imidazole rings is 1. The molecule has 16 heteroatoms. The fourth-order valence-corrected chi connectivity index (χ4v) is 6.78. The molecule has 1 aliphatic heterocycles. The van der Waals surface area contributed by atoms with Gasteiger partial charge in [0.1, 0.15) is 39.6 Å². The Labute approximate surface area is 233 Å². The molecule has 1 aliphatic rings. The number of hydrogen-bond donors (Lipinski definition) is 4. The minimum Gasteiger partial charge on any atom is -0.462 e. The molecule has 5 atom stereocenters. The number of esters is 1. The van der Waals surface area contributed by atoms with Crippen molar-refractivity contribution in [1.82, 2.24) is 24.6 Å². The third-order valence-corrected chi connectivity index (χ3v) is 8.73. The Hall–Kier alpha value is -3.33. The van der Waals surface area contributed by atoms with Crippen LogP contribution in [-0.2, 0) is 23.4 Å². The Kier molecular flexibility index (Phi) is 7.95. The van der Waals surface area contributed by atoms with Crippen LogP contribution in [0, 0.1) is 0 Å². The van der Waals surface area contributed by atoms with Crippen LogP contribution in [-0.4, -0.2) is 61.6 Å². The number of aliphatic hydroxyl groups excluding tert-OH is 1. The molecular formula is C24H30N7O7PS. The fourth-order valence-electron chi connectivity index (χ4n) is 4.28. The van der Waals surface area contributed by atoms with Gasteiger partial charge in [-0.2, -0.15) is 10.1 Å². The molecule has 4 heterocycles. The van der Waals surface area contributed by atoms with Crippen molar-refractivity contribution in [3.63, 3.8) is 0 Å². The number of benzene rings is 1. The third-order valence-electron chi connectivity index (χ3n) is 5.99. The molecule has 4 aromatic rings. The molecule has 0 amide bonds. The van der Waals surface area contributed by atoms with E-state index in [9.17, 15) is 14.5 Å². The fraction of sp³-hybridized carbons (Fsp3) is 0.417. The summed E-state index contributed by atoms with van der Waals surface area (Å²) < 4.78 is 38.8. The summed E-state index contributed by atoms with van der Waals surface area (Å²) in [5.74, 6) is -0.0758. The maximum atomic E-state index is 13.7. The molecule has 5 rings (SSSR count). The molecule has 40 heavy (non-hydrogen) atoms. The maximum Gasteiger partial charge on any atom is 0.459 e. The molecule has 0 aliphatic carbocycles. The number of nitrogens with two attached hydrogens (primary N) is 2. The number of rotatable bonds is 10. The molecule has 1 saturated heterocycles. The van der Waals surface area contributed by atoms with Crippen LogP contribution in [0.2, 0.25) is 0 Å². The van der Waals surface area contributed by atoms with Crippen LogP contribution >= 0.6 is 19.1 Å². The Morgan fingerprint density at radius 3 is 2.75 bits per heavy atom. The molecular weight excluding hydrogens is 561 g/mol. The summed E-state index contributed by atoms with van der Waals surface area (Å²) in [6.45, 7) is 4.72. The minimum absolute atomic E-state index is 0.0183. The number of anilines is 2. The normalized spacial score (nSPS) is 21.6. The number of nitrogen functional groups attached to an aromatic ring is 2. The Bertz CT molecular complexity index is 1560. The average Bonchev–Trinajstić information content (AvgIpc) is 3.57. The van der Waals surface area contributed by atoms with Gasteiger partial charge in [-0.05, 0) is 32.9 Å². The summed E-state index contributed by atoms with van der Waals surface area (Å²) in [4.78, 5) is 25.7. The van der Waals surface area contributed by atoms with Crippen LogP contribution in [0.4, 0.5) is 11.8 Å². The highest BCUT2D eigenvalue weighted by atomic mass is 32.1. The summed E-state index contributed by atoms with van der Waals surface area (Å²) >= 11 is 1.31. The predicted molar refractivity (Wildman–Crippen MR) is 149 cm³/mol. The van der Waals surface area contributed by atoms with Gasteiger partial charge >= 0.3 is 13.7 Å². The topological polar surface area (TPSA) is 199 Å². The number of carbonyl (C=O) groups excluding carboxylic acids is 1. The molecule has 3 aromatic heterocycles. The van der Waals surface area contributed by atoms with Gasteiger partial charge in [0.2, 0.25) is 5.95 Å². The van der Waals surface area contributed by atoms with Crippen LogP contribution in [0.5, 0.6) is 5.75 Å². The number of para-hydroxylation sites is 1. The van der Waals surface area contributed by atoms with Crippen LogP contribution in [0.25, 0.3) is 20.6 Å². The van der Waals surface area contributed by atoms with E-state index < -0.39 is 38.2 Å². The van der Waals surface area contributed by atoms with Crippen molar-refractivity contribution < 1.29 is 33.0 Å². The molecule has 6 N–H and O–H groups in total. The first-order valence-electron chi connectivity index (χ1n) is 12.5. The number of nitrogens with one attached hydrogen (secondary N) is 1. The second-order valence-corrected chi connectivity index (χ2v) is 12.2. The number of aromatic nitrogens is 4. The van der Waals surface area contributed by atoms with Gasteiger partial charge in [-0.25, -0.2) is 14.5 Å². The number of aliphatic hydroxyl groups is 1. The van der Waals surface area contributed by atoms with Crippen LogP contribution in [0.1, 0.15) is 33.4 Å². The second-order valence-electron chi connectivity index (χ2n) is 9.54. The van der Waals surface area contributed by atoms with E-state index in [0.717, 1.165) is 0 Å². The maximum absolute atomic E-state index is 13.7. The largest absolute Gasteiger partial charge is 0.462 e. The van der Waals surface area contributed by atoms with Crippen molar-refractivity contribution in [2.45, 2.75) is 57.8 Å². The minimum atomic E-state index is -4.09. The van der Waals surface area contributed by atoms with Crippen LogP contribution < -0.4 is 21.1 Å². The highest BCUT2D eigenvalue weighted by molar-refractivity contribution is 7.52. The van der Waals surface area contributed by atoms with E-state index in [1.165, 1.54) is 18.3 Å². The first-order valence-corrected chi connectivity index (χ1v) is 14.9. The standard InChI is InChI=1S/C24H30N7O7PS/c1-12(2)36-23(33)13(3)30-39(34,38-14-7-5-4-6-8-14)35-10-15-9-16(32)22(37-15)31-11-27-21-18(31)17-19(40-21)20(25)29-24(26)28-17/h4-8,11-13,15-16,22,32H,9-10H2,1-3H3,(H,30,34)(H4,25,26,28,29)/t13-,15-,16-,22+,39?/m0/s1. The highest BCUT2D eigenvalue weighted by Gasteiger charge is 2.40. The Balaban J connectivity index is 1.33. The molecule has 0 radical (unpaired) electrons. The number of hydrogen-bond acceptors (Lipinski definition) is 13. The van der Waals surface area contributed by atoms with Crippen molar-refractivity contribution in [3.05, 3.63) is 36.7 Å². The van der Waals surface area contributed by atoms with Gasteiger partial charge in [-0.1, -0.05) is 18.2 Å². The second kappa shape index (κ2) is 11.3. The zero-order valence-electron chi connectivity index (χ0n) is 22.0. The average molecular weight is 592 g/mol. The molecule has 0 bridgehead atoms. The van der Waals surface area contributed by atoms with Gasteiger partial charge in [0.25, 0.3) is 0 Å². The third kappa shape index (κ3) is 5.89. The molecule has 14 nitrogen and oxygen atoms in total. The van der Waals surface area contributed by atoms with Gasteiger partial charge < -0.3 is 30.6 Å². The van der Waals surface area contributed by atoms with Gasteiger partial charge in [-0.3, -0.25) is 13.9 Å². The van der Waals surface area contributed by atoms with Crippen molar-refractivity contribution in [2.24, 2.45) is 0 Å². The molecule has 0 saturated carbocycles. The number of fused-ring (bicyclic) bond motifs is 3. The molecule has 1 aromatic carbocycles. The number of nitrogens with zero attached hydrogens (tertiary/aromatic N) is 4. The van der Waals surface area contributed by atoms with E-state index in [-0.39, 0.29) is 36.6 Å². The van der Waals surface area contributed by atoms with Gasteiger partial charge in [0.15, 0.2) is 6.23 Å². The zero-order chi connectivity index (χ0) is 28.6. The first-order chi connectivity index (χ1) is 19.0. The molecule has 214 valence electrons. The van der Waals surface area contributed by atoms with E-state index in [0.29, 0.717) is 20.6 Å². The zero-order valence-corrected chi connectivity index (χ0v) is 23.7. The molecule has 0 spiro atoms. The van der Waals surface area contributed by atoms with E-state index in [2.05, 4.69) is 20.0 Å². The van der Waals surface area contributed by atoms with Crippen molar-refractivity contribution in [2.75, 3.05) is 18.1 Å². The summed E-state index contributed by atoms with van der Waals surface area (Å²) in [5.41, 5.74) is 12.9. The Morgan fingerprint density at radius 1 is 1.27 bits per heavy atom. The smallest absolute Gasteiger partial charge is 0.459 e. The number of ether oxygens (including phenoxy) is 2. The Morgan fingerprint density at radius 2 is 2.02 bits per heavy atom. The van der Waals surface area contributed by atoms with E-state index in [1.54, 1.807) is 55.1 Å².